The highest BCUT2D eigenvalue weighted by molar-refractivity contribution is 7.09. The fraction of sp³-hybridized carbons (Fsp3) is 0.667. The van der Waals surface area contributed by atoms with Gasteiger partial charge in [-0.15, -0.1) is 11.3 Å². The summed E-state index contributed by atoms with van der Waals surface area (Å²) >= 11 is 1.62. The first kappa shape index (κ1) is 13.5. The van der Waals surface area contributed by atoms with Gasteiger partial charge in [-0.3, -0.25) is 9.69 Å². The van der Waals surface area contributed by atoms with Crippen LogP contribution in [0.4, 0.5) is 0 Å². The van der Waals surface area contributed by atoms with Gasteiger partial charge in [0.05, 0.1) is 29.8 Å². The molecule has 0 amide bonds. The van der Waals surface area contributed by atoms with E-state index in [0.29, 0.717) is 19.8 Å². The predicted octanol–water partition coefficient (Wildman–Crippen LogP) is 1.37. The van der Waals surface area contributed by atoms with E-state index in [-0.39, 0.29) is 6.04 Å². The molecule has 0 spiro atoms. The van der Waals surface area contributed by atoms with Crippen LogP contribution in [0.15, 0.2) is 5.38 Å². The maximum Gasteiger partial charge on any atom is 0.310 e. The molecule has 0 saturated carbocycles. The van der Waals surface area contributed by atoms with Crippen molar-refractivity contribution in [2.24, 2.45) is 5.92 Å². The van der Waals surface area contributed by atoms with Crippen LogP contribution in [0.3, 0.4) is 0 Å². The van der Waals surface area contributed by atoms with Crippen molar-refractivity contribution in [3.05, 3.63) is 16.1 Å². The largest absolute Gasteiger partial charge is 0.481 e. The van der Waals surface area contributed by atoms with Crippen molar-refractivity contribution < 1.29 is 14.6 Å². The lowest BCUT2D eigenvalue weighted by atomic mass is 10.0. The Kier molecular flexibility index (Phi) is 4.31. The van der Waals surface area contributed by atoms with Crippen LogP contribution in [-0.2, 0) is 16.1 Å². The number of hydrogen-bond acceptors (Lipinski definition) is 5. The monoisotopic (exact) mass is 270 g/mol. The van der Waals surface area contributed by atoms with Crippen LogP contribution in [0.2, 0.25) is 0 Å². The molecule has 2 rings (SSSR count). The van der Waals surface area contributed by atoms with Crippen molar-refractivity contribution in [1.29, 1.82) is 0 Å². The van der Waals surface area contributed by atoms with E-state index in [1.54, 1.807) is 11.3 Å². The zero-order valence-electron chi connectivity index (χ0n) is 10.6. The number of carbonyl (C=O) groups is 1. The summed E-state index contributed by atoms with van der Waals surface area (Å²) in [6, 6.07) is -0.0468. The van der Waals surface area contributed by atoms with E-state index in [2.05, 4.69) is 9.88 Å². The first-order valence-electron chi connectivity index (χ1n) is 6.07. The van der Waals surface area contributed by atoms with E-state index in [1.165, 1.54) is 0 Å². The minimum atomic E-state index is -0.773. The third kappa shape index (κ3) is 2.88. The number of carboxylic acid groups (broad SMARTS) is 1. The Bertz CT molecular complexity index is 421. The Morgan fingerprint density at radius 2 is 2.44 bits per heavy atom. The van der Waals surface area contributed by atoms with Crippen LogP contribution in [0.5, 0.6) is 0 Å². The summed E-state index contributed by atoms with van der Waals surface area (Å²) in [4.78, 5) is 17.7. The summed E-state index contributed by atoms with van der Waals surface area (Å²) < 4.78 is 5.32. The van der Waals surface area contributed by atoms with E-state index in [4.69, 9.17) is 4.74 Å². The number of ether oxygens (including phenoxy) is 1. The summed E-state index contributed by atoms with van der Waals surface area (Å²) in [6.45, 7) is 6.31. The lowest BCUT2D eigenvalue weighted by Gasteiger charge is -2.28. The topological polar surface area (TPSA) is 62.7 Å². The lowest BCUT2D eigenvalue weighted by molar-refractivity contribution is -0.143. The zero-order chi connectivity index (χ0) is 13.1. The van der Waals surface area contributed by atoms with Gasteiger partial charge in [-0.25, -0.2) is 4.98 Å². The zero-order valence-corrected chi connectivity index (χ0v) is 11.4. The average molecular weight is 270 g/mol. The molecular formula is C12H18N2O3S. The Hall–Kier alpha value is -0.980. The minimum Gasteiger partial charge on any atom is -0.481 e. The molecule has 5 nitrogen and oxygen atoms in total. The van der Waals surface area contributed by atoms with E-state index >= 15 is 0 Å². The SMILES string of the molecule is CCN(Cc1csc(C)n1)C1COCC1C(=O)O. The molecule has 1 aromatic rings. The first-order valence-corrected chi connectivity index (χ1v) is 6.95. The maximum absolute atomic E-state index is 11.2. The summed E-state index contributed by atoms with van der Waals surface area (Å²) in [6.07, 6.45) is 0. The van der Waals surface area contributed by atoms with Crippen LogP contribution in [0.25, 0.3) is 0 Å². The molecule has 1 aliphatic heterocycles. The molecule has 2 unspecified atom stereocenters. The second-order valence-corrected chi connectivity index (χ2v) is 5.53. The highest BCUT2D eigenvalue weighted by Gasteiger charge is 2.37. The van der Waals surface area contributed by atoms with Crippen LogP contribution in [-0.4, -0.2) is 46.8 Å². The normalized spacial score (nSPS) is 23.7. The highest BCUT2D eigenvalue weighted by atomic mass is 32.1. The molecular weight excluding hydrogens is 252 g/mol. The molecule has 100 valence electrons. The number of thiazole rings is 1. The predicted molar refractivity (Wildman–Crippen MR) is 68.7 cm³/mol. The third-order valence-electron chi connectivity index (χ3n) is 3.27. The molecule has 6 heteroatoms. The van der Waals surface area contributed by atoms with Crippen LogP contribution >= 0.6 is 11.3 Å². The van der Waals surface area contributed by atoms with E-state index in [1.807, 2.05) is 19.2 Å². The number of nitrogens with zero attached hydrogens (tertiary/aromatic N) is 2. The molecule has 0 aliphatic carbocycles. The summed E-state index contributed by atoms with van der Waals surface area (Å²) in [5, 5.41) is 12.2. The van der Waals surface area contributed by atoms with Crippen LogP contribution in [0, 0.1) is 12.8 Å². The Labute approximate surface area is 110 Å². The molecule has 1 saturated heterocycles. The Morgan fingerprint density at radius 1 is 1.67 bits per heavy atom. The molecule has 0 bridgehead atoms. The number of rotatable bonds is 5. The van der Waals surface area contributed by atoms with Crippen molar-refractivity contribution in [2.75, 3.05) is 19.8 Å². The second kappa shape index (κ2) is 5.77. The molecule has 2 heterocycles. The summed E-state index contributed by atoms with van der Waals surface area (Å²) in [7, 11) is 0. The van der Waals surface area contributed by atoms with Crippen LogP contribution < -0.4 is 0 Å². The van der Waals surface area contributed by atoms with Crippen molar-refractivity contribution in [2.45, 2.75) is 26.4 Å². The van der Waals surface area contributed by atoms with Gasteiger partial charge in [0.2, 0.25) is 0 Å². The molecule has 1 aromatic heterocycles. The van der Waals surface area contributed by atoms with Gasteiger partial charge in [0.1, 0.15) is 0 Å². The molecule has 1 N–H and O–H groups in total. The second-order valence-electron chi connectivity index (χ2n) is 4.47. The van der Waals surface area contributed by atoms with Gasteiger partial charge in [-0.1, -0.05) is 6.92 Å². The number of carboxylic acids is 1. The quantitative estimate of drug-likeness (QED) is 0.875. The third-order valence-corrected chi connectivity index (χ3v) is 4.10. The standard InChI is InChI=1S/C12H18N2O3S/c1-3-14(4-9-7-18-8(2)13-9)11-6-17-5-10(11)12(15)16/h7,10-11H,3-6H2,1-2H3,(H,15,16). The molecule has 0 aromatic carbocycles. The Morgan fingerprint density at radius 3 is 3.00 bits per heavy atom. The van der Waals surface area contributed by atoms with Gasteiger partial charge in [0.25, 0.3) is 0 Å². The maximum atomic E-state index is 11.2. The number of aliphatic carboxylic acids is 1. The van der Waals surface area contributed by atoms with Gasteiger partial charge in [-0.2, -0.15) is 0 Å². The smallest absolute Gasteiger partial charge is 0.310 e. The van der Waals surface area contributed by atoms with Crippen molar-refractivity contribution in [3.8, 4) is 0 Å². The van der Waals surface area contributed by atoms with Crippen molar-refractivity contribution >= 4 is 17.3 Å². The van der Waals surface area contributed by atoms with Crippen LogP contribution in [0.1, 0.15) is 17.6 Å². The highest BCUT2D eigenvalue weighted by Crippen LogP contribution is 2.22. The van der Waals surface area contributed by atoms with E-state index < -0.39 is 11.9 Å². The van der Waals surface area contributed by atoms with E-state index in [0.717, 1.165) is 17.2 Å². The van der Waals surface area contributed by atoms with Gasteiger partial charge in [0, 0.05) is 18.0 Å². The molecule has 2 atom stereocenters. The molecule has 1 fully saturated rings. The number of hydrogen-bond donors (Lipinski definition) is 1. The molecule has 1 aliphatic rings. The summed E-state index contributed by atoms with van der Waals surface area (Å²) in [5.74, 6) is -1.20. The average Bonchev–Trinajstić information content (AvgIpc) is 2.94. The number of aryl methyl sites for hydroxylation is 1. The number of likely N-dealkylation sites (N-methyl/N-ethyl adjacent to an activating group) is 1. The van der Waals surface area contributed by atoms with Gasteiger partial charge < -0.3 is 9.84 Å². The summed E-state index contributed by atoms with van der Waals surface area (Å²) in [5.41, 5.74) is 1.01. The van der Waals surface area contributed by atoms with Gasteiger partial charge in [0.15, 0.2) is 0 Å². The number of aromatic nitrogens is 1. The lowest BCUT2D eigenvalue weighted by Crippen LogP contribution is -2.42. The van der Waals surface area contributed by atoms with Gasteiger partial charge in [-0.05, 0) is 13.5 Å². The van der Waals surface area contributed by atoms with Crippen molar-refractivity contribution in [3.63, 3.8) is 0 Å². The van der Waals surface area contributed by atoms with Crippen molar-refractivity contribution in [1.82, 2.24) is 9.88 Å². The fourth-order valence-corrected chi connectivity index (χ4v) is 2.90. The minimum absolute atomic E-state index is 0.0468. The molecule has 0 radical (unpaired) electrons. The Balaban J connectivity index is 2.06. The fourth-order valence-electron chi connectivity index (χ4n) is 2.29. The first-order chi connectivity index (χ1) is 8.61. The molecule has 18 heavy (non-hydrogen) atoms. The van der Waals surface area contributed by atoms with E-state index in [9.17, 15) is 9.90 Å². The van der Waals surface area contributed by atoms with Gasteiger partial charge >= 0.3 is 5.97 Å².